The van der Waals surface area contributed by atoms with E-state index in [2.05, 4.69) is 5.32 Å². The number of ether oxygens (including phenoxy) is 1. The number of nitrogens with one attached hydrogen (secondary N) is 1. The quantitative estimate of drug-likeness (QED) is 0.790. The molecule has 124 valence electrons. The average Bonchev–Trinajstić information content (AvgIpc) is 3.09. The molecular formula is C19H19NO4. The molecular weight excluding hydrogens is 306 g/mol. The number of carbonyl (C=O) groups excluding carboxylic acids is 1. The molecule has 0 amide bonds. The smallest absolute Gasteiger partial charge is 0.174 e. The summed E-state index contributed by atoms with van der Waals surface area (Å²) in [6.45, 7) is 0.957. The predicted molar refractivity (Wildman–Crippen MR) is 88.5 cm³/mol. The van der Waals surface area contributed by atoms with Gasteiger partial charge in [-0.1, -0.05) is 12.1 Å². The molecule has 5 nitrogen and oxygen atoms in total. The maximum absolute atomic E-state index is 12.5. The summed E-state index contributed by atoms with van der Waals surface area (Å²) in [4.78, 5) is 12.5. The number of aromatic hydroxyl groups is 2. The van der Waals surface area contributed by atoms with Gasteiger partial charge < -0.3 is 20.3 Å². The number of Topliss-reactive ketones (excluding diaryl/α,β-unsaturated/α-hetero) is 1. The predicted octanol–water partition coefficient (Wildman–Crippen LogP) is 3.23. The van der Waals surface area contributed by atoms with Gasteiger partial charge in [0.05, 0.1) is 6.42 Å². The summed E-state index contributed by atoms with van der Waals surface area (Å²) >= 11 is 0. The molecule has 5 heteroatoms. The molecule has 0 aliphatic carbocycles. The van der Waals surface area contributed by atoms with Crippen molar-refractivity contribution in [3.63, 3.8) is 0 Å². The van der Waals surface area contributed by atoms with Gasteiger partial charge in [-0.15, -0.1) is 0 Å². The number of carbonyl (C=O) groups is 1. The monoisotopic (exact) mass is 325 g/mol. The van der Waals surface area contributed by atoms with Crippen molar-refractivity contribution in [1.29, 1.82) is 0 Å². The highest BCUT2D eigenvalue weighted by Crippen LogP contribution is 2.42. The normalized spacial score (nSPS) is 22.9. The molecule has 2 heterocycles. The van der Waals surface area contributed by atoms with Crippen molar-refractivity contribution >= 4 is 5.78 Å². The molecule has 2 aromatic rings. The lowest BCUT2D eigenvalue weighted by Gasteiger charge is -2.27. The van der Waals surface area contributed by atoms with E-state index in [0.717, 1.165) is 30.5 Å². The van der Waals surface area contributed by atoms with Crippen molar-refractivity contribution < 1.29 is 19.7 Å². The van der Waals surface area contributed by atoms with Crippen LogP contribution < -0.4 is 10.1 Å². The molecule has 2 aromatic carbocycles. The number of hydrogen-bond donors (Lipinski definition) is 3. The van der Waals surface area contributed by atoms with Crippen LogP contribution >= 0.6 is 0 Å². The van der Waals surface area contributed by atoms with E-state index in [1.807, 2.05) is 6.07 Å². The Hall–Kier alpha value is -2.53. The number of phenols is 2. The summed E-state index contributed by atoms with van der Waals surface area (Å²) in [7, 11) is 0. The number of ketones is 1. The number of phenolic OH excluding ortho intramolecular Hbond substituents is 2. The zero-order valence-electron chi connectivity index (χ0n) is 13.2. The van der Waals surface area contributed by atoms with Crippen LogP contribution in [-0.2, 0) is 0 Å². The van der Waals surface area contributed by atoms with Gasteiger partial charge in [0, 0.05) is 6.04 Å². The van der Waals surface area contributed by atoms with Crippen molar-refractivity contribution in [2.45, 2.75) is 31.4 Å². The molecule has 2 unspecified atom stereocenters. The number of fused-ring (bicyclic) bond motifs is 1. The molecule has 1 saturated heterocycles. The van der Waals surface area contributed by atoms with Gasteiger partial charge in [0.2, 0.25) is 0 Å². The molecule has 4 rings (SSSR count). The molecule has 0 bridgehead atoms. The van der Waals surface area contributed by atoms with Crippen molar-refractivity contribution in [2.75, 3.05) is 6.54 Å². The summed E-state index contributed by atoms with van der Waals surface area (Å²) in [5, 5.41) is 23.1. The highest BCUT2D eigenvalue weighted by atomic mass is 16.5. The molecule has 0 saturated carbocycles. The maximum atomic E-state index is 12.5. The van der Waals surface area contributed by atoms with Crippen LogP contribution in [0, 0.1) is 0 Å². The molecule has 2 aliphatic heterocycles. The highest BCUT2D eigenvalue weighted by Gasteiger charge is 2.31. The van der Waals surface area contributed by atoms with Crippen molar-refractivity contribution in [3.8, 4) is 17.2 Å². The summed E-state index contributed by atoms with van der Waals surface area (Å²) < 4.78 is 6.02. The number of rotatable bonds is 2. The first kappa shape index (κ1) is 15.0. The van der Waals surface area contributed by atoms with E-state index in [-0.39, 0.29) is 35.3 Å². The number of benzene rings is 2. The third kappa shape index (κ3) is 2.61. The topological polar surface area (TPSA) is 78.8 Å². The van der Waals surface area contributed by atoms with E-state index in [1.165, 1.54) is 0 Å². The molecule has 1 fully saturated rings. The van der Waals surface area contributed by atoms with Crippen LogP contribution in [0.15, 0.2) is 36.4 Å². The van der Waals surface area contributed by atoms with Gasteiger partial charge in [-0.25, -0.2) is 0 Å². The van der Waals surface area contributed by atoms with Crippen LogP contribution in [-0.4, -0.2) is 22.5 Å². The second kappa shape index (κ2) is 5.83. The van der Waals surface area contributed by atoms with Crippen molar-refractivity contribution in [2.24, 2.45) is 0 Å². The summed E-state index contributed by atoms with van der Waals surface area (Å²) in [6, 6.07) is 10.4. The van der Waals surface area contributed by atoms with Gasteiger partial charge in [0.1, 0.15) is 28.9 Å². The van der Waals surface area contributed by atoms with Crippen LogP contribution in [0.2, 0.25) is 0 Å². The lowest BCUT2D eigenvalue weighted by atomic mass is 9.93. The minimum Gasteiger partial charge on any atom is -0.508 e. The van der Waals surface area contributed by atoms with Gasteiger partial charge in [-0.3, -0.25) is 4.79 Å². The van der Waals surface area contributed by atoms with E-state index >= 15 is 0 Å². The standard InChI is InChI=1S/C19H19NO4/c21-13-5-3-11(4-6-13)17-10-16(23)19-15(22)8-12(9-18(19)24-17)14-2-1-7-20-14/h3-6,8-9,14,17,20-22H,1-2,7,10H2. The van der Waals surface area contributed by atoms with Crippen LogP contribution in [0.3, 0.4) is 0 Å². The molecule has 2 aliphatic rings. The Morgan fingerprint density at radius 2 is 1.88 bits per heavy atom. The van der Waals surface area contributed by atoms with E-state index in [1.54, 1.807) is 30.3 Å². The van der Waals surface area contributed by atoms with Gasteiger partial charge in [-0.05, 0) is 54.8 Å². The zero-order valence-corrected chi connectivity index (χ0v) is 13.2. The maximum Gasteiger partial charge on any atom is 0.174 e. The Kier molecular flexibility index (Phi) is 3.65. The second-order valence-corrected chi connectivity index (χ2v) is 6.39. The Bertz CT molecular complexity index is 779. The first-order valence-corrected chi connectivity index (χ1v) is 8.21. The largest absolute Gasteiger partial charge is 0.508 e. The molecule has 3 N–H and O–H groups in total. The highest BCUT2D eigenvalue weighted by molar-refractivity contribution is 6.02. The van der Waals surface area contributed by atoms with Crippen molar-refractivity contribution in [3.05, 3.63) is 53.1 Å². The summed E-state index contributed by atoms with van der Waals surface area (Å²) in [5.41, 5.74) is 2.05. The van der Waals surface area contributed by atoms with Crippen molar-refractivity contribution in [1.82, 2.24) is 5.32 Å². The molecule has 0 spiro atoms. The molecule has 0 radical (unpaired) electrons. The van der Waals surface area contributed by atoms with Gasteiger partial charge in [0.25, 0.3) is 0 Å². The van der Waals surface area contributed by atoms with E-state index in [0.29, 0.717) is 5.75 Å². The minimum atomic E-state index is -0.406. The Labute approximate surface area is 139 Å². The first-order chi connectivity index (χ1) is 11.6. The van der Waals surface area contributed by atoms with Gasteiger partial charge >= 0.3 is 0 Å². The summed E-state index contributed by atoms with van der Waals surface area (Å²) in [5.74, 6) is 0.477. The van der Waals surface area contributed by atoms with Crippen LogP contribution in [0.5, 0.6) is 17.2 Å². The fraction of sp³-hybridized carbons (Fsp3) is 0.316. The third-order valence-electron chi connectivity index (χ3n) is 4.75. The first-order valence-electron chi connectivity index (χ1n) is 8.21. The zero-order chi connectivity index (χ0) is 16.7. The van der Waals surface area contributed by atoms with Gasteiger partial charge in [-0.2, -0.15) is 0 Å². The minimum absolute atomic E-state index is 0.00893. The lowest BCUT2D eigenvalue weighted by Crippen LogP contribution is -2.21. The molecule has 0 aromatic heterocycles. The lowest BCUT2D eigenvalue weighted by molar-refractivity contribution is 0.0845. The fourth-order valence-electron chi connectivity index (χ4n) is 3.51. The SMILES string of the molecule is O=C1CC(c2ccc(O)cc2)Oc2cc(C3CCCN3)cc(O)c21. The van der Waals surface area contributed by atoms with Crippen LogP contribution in [0.4, 0.5) is 0 Å². The fourth-order valence-corrected chi connectivity index (χ4v) is 3.51. The Balaban J connectivity index is 1.69. The van der Waals surface area contributed by atoms with E-state index in [4.69, 9.17) is 4.74 Å². The van der Waals surface area contributed by atoms with Crippen LogP contribution in [0.25, 0.3) is 0 Å². The Morgan fingerprint density at radius 3 is 2.58 bits per heavy atom. The second-order valence-electron chi connectivity index (χ2n) is 6.39. The van der Waals surface area contributed by atoms with Gasteiger partial charge in [0.15, 0.2) is 5.78 Å². The van der Waals surface area contributed by atoms with E-state index in [9.17, 15) is 15.0 Å². The Morgan fingerprint density at radius 1 is 1.08 bits per heavy atom. The van der Waals surface area contributed by atoms with E-state index < -0.39 is 6.10 Å². The average molecular weight is 325 g/mol. The molecule has 24 heavy (non-hydrogen) atoms. The molecule has 2 atom stereocenters. The third-order valence-corrected chi connectivity index (χ3v) is 4.75. The van der Waals surface area contributed by atoms with Crippen LogP contribution in [0.1, 0.15) is 52.9 Å². The summed E-state index contributed by atoms with van der Waals surface area (Å²) in [6.07, 6.45) is 1.87. The number of hydrogen-bond acceptors (Lipinski definition) is 5.